The molecule has 1 heterocycles. The summed E-state index contributed by atoms with van der Waals surface area (Å²) in [5.41, 5.74) is 0. The summed E-state index contributed by atoms with van der Waals surface area (Å²) in [6, 6.07) is 0.771. The van der Waals surface area contributed by atoms with Gasteiger partial charge in [-0.25, -0.2) is 0 Å². The molecule has 0 radical (unpaired) electrons. The molecule has 0 aromatic carbocycles. The van der Waals surface area contributed by atoms with E-state index in [2.05, 4.69) is 19.3 Å². The molecule has 1 saturated carbocycles. The second-order valence-electron chi connectivity index (χ2n) is 5.06. The third-order valence-corrected chi connectivity index (χ3v) is 3.99. The van der Waals surface area contributed by atoms with Gasteiger partial charge in [0.05, 0.1) is 0 Å². The first-order valence-corrected chi connectivity index (χ1v) is 6.06. The molecule has 2 heteroatoms. The third kappa shape index (κ3) is 2.48. The van der Waals surface area contributed by atoms with E-state index in [4.69, 9.17) is 4.74 Å². The van der Waals surface area contributed by atoms with Crippen LogP contribution in [0.2, 0.25) is 0 Å². The van der Waals surface area contributed by atoms with Crippen molar-refractivity contribution in [3.8, 4) is 0 Å². The molecule has 3 atom stereocenters. The van der Waals surface area contributed by atoms with Crippen LogP contribution in [0.25, 0.3) is 0 Å². The predicted octanol–water partition coefficient (Wildman–Crippen LogP) is 2.05. The highest BCUT2D eigenvalue weighted by Crippen LogP contribution is 2.42. The van der Waals surface area contributed by atoms with E-state index in [-0.39, 0.29) is 0 Å². The minimum atomic E-state index is 0.771. The van der Waals surface area contributed by atoms with Crippen molar-refractivity contribution in [2.75, 3.05) is 20.3 Å². The highest BCUT2D eigenvalue weighted by molar-refractivity contribution is 4.92. The van der Waals surface area contributed by atoms with Gasteiger partial charge in [-0.05, 0) is 50.5 Å². The van der Waals surface area contributed by atoms with Crippen LogP contribution in [-0.2, 0) is 4.74 Å². The van der Waals surface area contributed by atoms with Crippen LogP contribution in [0.4, 0.5) is 0 Å². The lowest BCUT2D eigenvalue weighted by Gasteiger charge is -2.26. The molecule has 2 rings (SSSR count). The number of hydrogen-bond acceptors (Lipinski definition) is 2. The molecule has 2 aliphatic rings. The number of rotatable bonds is 4. The molecule has 0 aromatic rings. The average molecular weight is 197 g/mol. The molecule has 3 unspecified atom stereocenters. The van der Waals surface area contributed by atoms with Gasteiger partial charge in [0.15, 0.2) is 0 Å². The van der Waals surface area contributed by atoms with Gasteiger partial charge in [0, 0.05) is 19.3 Å². The quantitative estimate of drug-likeness (QED) is 0.744. The lowest BCUT2D eigenvalue weighted by Crippen LogP contribution is -2.32. The van der Waals surface area contributed by atoms with Gasteiger partial charge in [-0.15, -0.1) is 0 Å². The molecule has 0 amide bonds. The summed E-state index contributed by atoms with van der Waals surface area (Å²) in [6.07, 6.45) is 5.36. The number of ether oxygens (including phenoxy) is 1. The van der Waals surface area contributed by atoms with Crippen LogP contribution in [0.1, 0.15) is 32.6 Å². The summed E-state index contributed by atoms with van der Waals surface area (Å²) in [6.45, 7) is 4.35. The zero-order valence-corrected chi connectivity index (χ0v) is 9.46. The molecule has 1 saturated heterocycles. The van der Waals surface area contributed by atoms with Crippen molar-refractivity contribution in [3.05, 3.63) is 0 Å². The highest BCUT2D eigenvalue weighted by atomic mass is 16.5. The van der Waals surface area contributed by atoms with Gasteiger partial charge in [-0.1, -0.05) is 6.92 Å². The fourth-order valence-electron chi connectivity index (χ4n) is 2.76. The van der Waals surface area contributed by atoms with Crippen molar-refractivity contribution < 1.29 is 4.74 Å². The monoisotopic (exact) mass is 197 g/mol. The molecular weight excluding hydrogens is 174 g/mol. The molecule has 1 aliphatic carbocycles. The first kappa shape index (κ1) is 10.4. The summed E-state index contributed by atoms with van der Waals surface area (Å²) in [4.78, 5) is 0. The molecule has 14 heavy (non-hydrogen) atoms. The molecule has 1 aliphatic heterocycles. The third-order valence-electron chi connectivity index (χ3n) is 3.99. The van der Waals surface area contributed by atoms with E-state index in [0.717, 1.165) is 37.0 Å². The maximum Gasteiger partial charge on any atom is 0.0468 e. The highest BCUT2D eigenvalue weighted by Gasteiger charge is 2.39. The van der Waals surface area contributed by atoms with Crippen molar-refractivity contribution >= 4 is 0 Å². The normalized spacial score (nSPS) is 35.6. The van der Waals surface area contributed by atoms with Crippen LogP contribution in [0, 0.1) is 17.8 Å². The molecule has 0 bridgehead atoms. The van der Waals surface area contributed by atoms with Gasteiger partial charge in [0.25, 0.3) is 0 Å². The Balaban J connectivity index is 1.75. The lowest BCUT2D eigenvalue weighted by molar-refractivity contribution is 0.0598. The molecule has 2 nitrogen and oxygen atoms in total. The summed E-state index contributed by atoms with van der Waals surface area (Å²) < 4.78 is 5.39. The Labute approximate surface area is 87.4 Å². The van der Waals surface area contributed by atoms with Crippen molar-refractivity contribution in [2.45, 2.75) is 38.6 Å². The summed E-state index contributed by atoms with van der Waals surface area (Å²) in [5.74, 6) is 2.84. The molecule has 82 valence electrons. The summed E-state index contributed by atoms with van der Waals surface area (Å²) in [7, 11) is 2.12. The van der Waals surface area contributed by atoms with E-state index in [1.165, 1.54) is 25.7 Å². The number of hydrogen-bond donors (Lipinski definition) is 1. The summed E-state index contributed by atoms with van der Waals surface area (Å²) >= 11 is 0. The van der Waals surface area contributed by atoms with Crippen molar-refractivity contribution in [1.82, 2.24) is 5.32 Å². The zero-order valence-electron chi connectivity index (χ0n) is 9.46. The van der Waals surface area contributed by atoms with E-state index in [9.17, 15) is 0 Å². The van der Waals surface area contributed by atoms with Crippen LogP contribution < -0.4 is 5.32 Å². The first-order valence-electron chi connectivity index (χ1n) is 6.06. The minimum Gasteiger partial charge on any atom is -0.381 e. The second-order valence-corrected chi connectivity index (χ2v) is 5.06. The van der Waals surface area contributed by atoms with Gasteiger partial charge in [-0.2, -0.15) is 0 Å². The van der Waals surface area contributed by atoms with E-state index < -0.39 is 0 Å². The molecule has 1 N–H and O–H groups in total. The predicted molar refractivity (Wildman–Crippen MR) is 58.3 cm³/mol. The SMILES string of the molecule is CNC(CC1CCOCC1)C1CC1C. The smallest absolute Gasteiger partial charge is 0.0468 e. The maximum absolute atomic E-state index is 5.39. The van der Waals surface area contributed by atoms with Crippen molar-refractivity contribution in [2.24, 2.45) is 17.8 Å². The maximum atomic E-state index is 5.39. The fourth-order valence-corrected chi connectivity index (χ4v) is 2.76. The van der Waals surface area contributed by atoms with Crippen molar-refractivity contribution in [1.29, 1.82) is 0 Å². The minimum absolute atomic E-state index is 0.771. The standard InChI is InChI=1S/C12H23NO/c1-9-7-11(9)12(13-2)8-10-3-5-14-6-4-10/h9-13H,3-8H2,1-2H3. The molecule has 2 fully saturated rings. The molecular formula is C12H23NO. The van der Waals surface area contributed by atoms with E-state index in [1.54, 1.807) is 0 Å². The van der Waals surface area contributed by atoms with Gasteiger partial charge in [0.1, 0.15) is 0 Å². The van der Waals surface area contributed by atoms with E-state index in [1.807, 2.05) is 0 Å². The zero-order chi connectivity index (χ0) is 9.97. The van der Waals surface area contributed by atoms with Gasteiger partial charge < -0.3 is 10.1 Å². The van der Waals surface area contributed by atoms with Gasteiger partial charge in [0.2, 0.25) is 0 Å². The second kappa shape index (κ2) is 4.63. The van der Waals surface area contributed by atoms with Crippen molar-refractivity contribution in [3.63, 3.8) is 0 Å². The van der Waals surface area contributed by atoms with Crippen LogP contribution in [-0.4, -0.2) is 26.3 Å². The Hall–Kier alpha value is -0.0800. The van der Waals surface area contributed by atoms with E-state index in [0.29, 0.717) is 0 Å². The van der Waals surface area contributed by atoms with E-state index >= 15 is 0 Å². The first-order chi connectivity index (χ1) is 6.81. The summed E-state index contributed by atoms with van der Waals surface area (Å²) in [5, 5.41) is 3.50. The van der Waals surface area contributed by atoms with Gasteiger partial charge in [-0.3, -0.25) is 0 Å². The Morgan fingerprint density at radius 1 is 1.36 bits per heavy atom. The van der Waals surface area contributed by atoms with Crippen LogP contribution in [0.3, 0.4) is 0 Å². The topological polar surface area (TPSA) is 21.3 Å². The fraction of sp³-hybridized carbons (Fsp3) is 1.00. The average Bonchev–Trinajstić information content (AvgIpc) is 2.93. The largest absolute Gasteiger partial charge is 0.381 e. The molecule has 0 aromatic heterocycles. The Morgan fingerprint density at radius 3 is 2.50 bits per heavy atom. The lowest BCUT2D eigenvalue weighted by atomic mass is 9.90. The number of nitrogens with one attached hydrogen (secondary N) is 1. The van der Waals surface area contributed by atoms with Gasteiger partial charge >= 0.3 is 0 Å². The van der Waals surface area contributed by atoms with Crippen LogP contribution >= 0.6 is 0 Å². The Bertz CT molecular complexity index is 177. The molecule has 0 spiro atoms. The Kier molecular flexibility index (Phi) is 3.45. The Morgan fingerprint density at radius 2 is 2.00 bits per heavy atom. The van der Waals surface area contributed by atoms with Crippen LogP contribution in [0.15, 0.2) is 0 Å². The van der Waals surface area contributed by atoms with Crippen LogP contribution in [0.5, 0.6) is 0 Å².